The molecule has 0 atom stereocenters. The fourth-order valence-electron chi connectivity index (χ4n) is 4.07. The summed E-state index contributed by atoms with van der Waals surface area (Å²) in [4.78, 5) is 32.8. The van der Waals surface area contributed by atoms with E-state index in [2.05, 4.69) is 15.0 Å². The number of likely N-dealkylation sites (tertiary alicyclic amines) is 1. The topological polar surface area (TPSA) is 84.0 Å². The molecule has 34 heavy (non-hydrogen) atoms. The number of nitrogens with one attached hydrogen (secondary N) is 1. The summed E-state index contributed by atoms with van der Waals surface area (Å²) in [6, 6.07) is 9.44. The predicted octanol–water partition coefficient (Wildman–Crippen LogP) is 4.17. The van der Waals surface area contributed by atoms with Gasteiger partial charge in [-0.1, -0.05) is 17.7 Å². The lowest BCUT2D eigenvalue weighted by atomic mass is 9.89. The van der Waals surface area contributed by atoms with Crippen LogP contribution in [0.4, 0.5) is 23.7 Å². The summed E-state index contributed by atoms with van der Waals surface area (Å²) in [7, 11) is 0. The molecule has 2 aromatic rings. The number of nitrogens with zero attached hydrogens (tertiary/aromatic N) is 3. The van der Waals surface area contributed by atoms with Gasteiger partial charge in [-0.05, 0) is 49.2 Å². The van der Waals surface area contributed by atoms with Crippen molar-refractivity contribution in [3.05, 3.63) is 53.3 Å². The zero-order valence-corrected chi connectivity index (χ0v) is 18.7. The van der Waals surface area contributed by atoms with Crippen molar-refractivity contribution in [1.82, 2.24) is 14.8 Å². The summed E-state index contributed by atoms with van der Waals surface area (Å²) in [5.41, 5.74) is 0.0496. The molecule has 1 spiro atoms. The van der Waals surface area contributed by atoms with E-state index < -0.39 is 12.0 Å². The molecule has 182 valence electrons. The van der Waals surface area contributed by atoms with Gasteiger partial charge in [-0.15, -0.1) is 13.2 Å². The van der Waals surface area contributed by atoms with Crippen molar-refractivity contribution in [2.45, 2.75) is 24.8 Å². The first-order valence-corrected chi connectivity index (χ1v) is 11.0. The lowest BCUT2D eigenvalue weighted by molar-refractivity contribution is -0.274. The van der Waals surface area contributed by atoms with Gasteiger partial charge in [0.05, 0.1) is 18.8 Å². The zero-order chi connectivity index (χ0) is 24.3. The van der Waals surface area contributed by atoms with E-state index in [1.165, 1.54) is 12.1 Å². The summed E-state index contributed by atoms with van der Waals surface area (Å²) >= 11 is 5.88. The standard InChI is InChI=1S/C22H22ClF3N4O4/c23-18-3-1-2-17(28-18)19(31)29-10-8-21(9-11-29)14-30(12-13-33-21)20(32)27-15-4-6-16(7-5-15)34-22(24,25)26/h1-7H,8-14H2,(H,27,32). The molecule has 1 N–H and O–H groups in total. The van der Waals surface area contributed by atoms with Gasteiger partial charge in [0, 0.05) is 25.3 Å². The molecule has 3 heterocycles. The van der Waals surface area contributed by atoms with Crippen LogP contribution in [-0.2, 0) is 4.74 Å². The Morgan fingerprint density at radius 3 is 2.41 bits per heavy atom. The van der Waals surface area contributed by atoms with E-state index in [1.54, 1.807) is 28.0 Å². The van der Waals surface area contributed by atoms with E-state index >= 15 is 0 Å². The molecule has 4 rings (SSSR count). The Balaban J connectivity index is 1.32. The molecule has 0 unspecified atom stereocenters. The van der Waals surface area contributed by atoms with Crippen molar-refractivity contribution in [3.63, 3.8) is 0 Å². The van der Waals surface area contributed by atoms with Crippen molar-refractivity contribution in [3.8, 4) is 5.75 Å². The lowest BCUT2D eigenvalue weighted by Crippen LogP contribution is -2.59. The van der Waals surface area contributed by atoms with E-state index in [1.807, 2.05) is 0 Å². The molecular formula is C22H22ClF3N4O4. The average Bonchev–Trinajstić information content (AvgIpc) is 2.79. The van der Waals surface area contributed by atoms with Crippen molar-refractivity contribution >= 4 is 29.2 Å². The van der Waals surface area contributed by atoms with Gasteiger partial charge in [0.25, 0.3) is 5.91 Å². The molecule has 1 aromatic carbocycles. The van der Waals surface area contributed by atoms with E-state index in [4.69, 9.17) is 16.3 Å². The van der Waals surface area contributed by atoms with Crippen LogP contribution in [0.2, 0.25) is 5.15 Å². The monoisotopic (exact) mass is 498 g/mol. The number of urea groups is 1. The maximum Gasteiger partial charge on any atom is 0.573 e. The minimum Gasteiger partial charge on any atom is -0.406 e. The second-order valence-corrected chi connectivity index (χ2v) is 8.48. The average molecular weight is 499 g/mol. The minimum atomic E-state index is -4.78. The Morgan fingerprint density at radius 2 is 1.76 bits per heavy atom. The number of carbonyl (C=O) groups is 2. The Bertz CT molecular complexity index is 1040. The van der Waals surface area contributed by atoms with Crippen LogP contribution in [0.25, 0.3) is 0 Å². The van der Waals surface area contributed by atoms with E-state index in [9.17, 15) is 22.8 Å². The zero-order valence-electron chi connectivity index (χ0n) is 18.0. The van der Waals surface area contributed by atoms with E-state index in [0.717, 1.165) is 12.1 Å². The summed E-state index contributed by atoms with van der Waals surface area (Å²) in [5, 5.41) is 2.94. The SMILES string of the molecule is O=C(Nc1ccc(OC(F)(F)F)cc1)N1CCOC2(CCN(C(=O)c3cccc(Cl)n3)CC2)C1. The molecule has 1 aromatic heterocycles. The molecule has 12 heteroatoms. The Hall–Kier alpha value is -3.05. The molecule has 2 aliphatic heterocycles. The number of pyridine rings is 1. The highest BCUT2D eigenvalue weighted by atomic mass is 35.5. The van der Waals surface area contributed by atoms with Crippen LogP contribution >= 0.6 is 11.6 Å². The Labute approximate surface area is 198 Å². The van der Waals surface area contributed by atoms with Gasteiger partial charge in [-0.2, -0.15) is 0 Å². The van der Waals surface area contributed by atoms with Gasteiger partial charge in [0.15, 0.2) is 0 Å². The number of alkyl halides is 3. The second kappa shape index (κ2) is 9.67. The number of morpholine rings is 1. The maximum atomic E-state index is 12.8. The highest BCUT2D eigenvalue weighted by molar-refractivity contribution is 6.29. The van der Waals surface area contributed by atoms with Gasteiger partial charge < -0.3 is 24.6 Å². The third-order valence-corrected chi connectivity index (χ3v) is 5.98. The number of rotatable bonds is 3. The number of piperidine rings is 1. The number of halogens is 4. The molecule has 8 nitrogen and oxygen atoms in total. The molecule has 2 aliphatic rings. The van der Waals surface area contributed by atoms with Gasteiger partial charge in [0.1, 0.15) is 16.6 Å². The molecule has 0 radical (unpaired) electrons. The second-order valence-electron chi connectivity index (χ2n) is 8.09. The van der Waals surface area contributed by atoms with Gasteiger partial charge in [-0.25, -0.2) is 9.78 Å². The number of benzene rings is 1. The third-order valence-electron chi connectivity index (χ3n) is 5.77. The van der Waals surface area contributed by atoms with Crippen LogP contribution in [-0.4, -0.2) is 71.5 Å². The van der Waals surface area contributed by atoms with Gasteiger partial charge in [-0.3, -0.25) is 4.79 Å². The van der Waals surface area contributed by atoms with E-state index in [0.29, 0.717) is 51.3 Å². The maximum absolute atomic E-state index is 12.8. The largest absolute Gasteiger partial charge is 0.573 e. The lowest BCUT2D eigenvalue weighted by Gasteiger charge is -2.47. The molecule has 0 saturated carbocycles. The van der Waals surface area contributed by atoms with Crippen LogP contribution in [0, 0.1) is 0 Å². The number of hydrogen-bond donors (Lipinski definition) is 1. The molecule has 2 saturated heterocycles. The summed E-state index contributed by atoms with van der Waals surface area (Å²) in [6.07, 6.45) is -3.68. The highest BCUT2D eigenvalue weighted by Gasteiger charge is 2.42. The quantitative estimate of drug-likeness (QED) is 0.642. The fourth-order valence-corrected chi connectivity index (χ4v) is 4.23. The van der Waals surface area contributed by atoms with Crippen molar-refractivity contribution in [2.24, 2.45) is 0 Å². The Morgan fingerprint density at radius 1 is 1.06 bits per heavy atom. The molecule has 2 fully saturated rings. The van der Waals surface area contributed by atoms with Crippen molar-refractivity contribution < 1.29 is 32.2 Å². The molecular weight excluding hydrogens is 477 g/mol. The van der Waals surface area contributed by atoms with Crippen LogP contribution in [0.5, 0.6) is 5.75 Å². The first-order chi connectivity index (χ1) is 16.1. The summed E-state index contributed by atoms with van der Waals surface area (Å²) < 4.78 is 46.8. The predicted molar refractivity (Wildman–Crippen MR) is 117 cm³/mol. The normalized spacial score (nSPS) is 18.0. The van der Waals surface area contributed by atoms with Crippen molar-refractivity contribution in [1.29, 1.82) is 0 Å². The molecule has 0 bridgehead atoms. The third kappa shape index (κ3) is 5.89. The van der Waals surface area contributed by atoms with Crippen molar-refractivity contribution in [2.75, 3.05) is 38.1 Å². The van der Waals surface area contributed by atoms with Crippen LogP contribution in [0.3, 0.4) is 0 Å². The summed E-state index contributed by atoms with van der Waals surface area (Å²) in [5.74, 6) is -0.578. The van der Waals surface area contributed by atoms with Gasteiger partial charge >= 0.3 is 12.4 Å². The molecule has 3 amide bonds. The number of aromatic nitrogens is 1. The van der Waals surface area contributed by atoms with Gasteiger partial charge in [0.2, 0.25) is 0 Å². The highest BCUT2D eigenvalue weighted by Crippen LogP contribution is 2.31. The first-order valence-electron chi connectivity index (χ1n) is 10.6. The number of ether oxygens (including phenoxy) is 2. The number of amides is 3. The van der Waals surface area contributed by atoms with E-state index in [-0.39, 0.29) is 28.5 Å². The van der Waals surface area contributed by atoms with Crippen LogP contribution in [0.15, 0.2) is 42.5 Å². The smallest absolute Gasteiger partial charge is 0.406 e. The Kier molecular flexibility index (Phi) is 6.85. The number of anilines is 1. The number of hydrogen-bond acceptors (Lipinski definition) is 5. The van der Waals surface area contributed by atoms with Crippen LogP contribution < -0.4 is 10.1 Å². The minimum absolute atomic E-state index is 0.208. The summed E-state index contributed by atoms with van der Waals surface area (Å²) in [6.45, 7) is 1.95. The first kappa shape index (κ1) is 24.1. The van der Waals surface area contributed by atoms with Crippen LogP contribution in [0.1, 0.15) is 23.3 Å². The molecule has 0 aliphatic carbocycles. The number of carbonyl (C=O) groups excluding carboxylic acids is 2. The fraction of sp³-hybridized carbons (Fsp3) is 0.409.